The minimum Gasteiger partial charge on any atom is -0.338 e. The lowest BCUT2D eigenvalue weighted by Gasteiger charge is -2.15. The molecule has 1 heterocycles. The third-order valence-corrected chi connectivity index (χ3v) is 4.60. The number of benzene rings is 2. The number of hydrogen-bond donors (Lipinski definition) is 0. The number of amides is 1. The highest BCUT2D eigenvalue weighted by Crippen LogP contribution is 2.22. The number of para-hydroxylation sites is 1. The highest BCUT2D eigenvalue weighted by molar-refractivity contribution is 7.19. The fraction of sp³-hybridized carbons (Fsp3) is 0.111. The topological polar surface area (TPSA) is 33.2 Å². The van der Waals surface area contributed by atoms with E-state index in [0.29, 0.717) is 11.6 Å². The van der Waals surface area contributed by atoms with Gasteiger partial charge in [-0.05, 0) is 35.9 Å². The maximum absolute atomic E-state index is 12.2. The summed E-state index contributed by atoms with van der Waals surface area (Å²) in [5.74, 6) is -0.0655. The molecule has 0 saturated carbocycles. The molecule has 23 heavy (non-hydrogen) atoms. The third kappa shape index (κ3) is 3.97. The van der Waals surface area contributed by atoms with Crippen LogP contribution in [0.5, 0.6) is 0 Å². The Morgan fingerprint density at radius 1 is 1.26 bits per heavy atom. The highest BCUT2D eigenvalue weighted by atomic mass is 35.5. The van der Waals surface area contributed by atoms with Gasteiger partial charge in [0, 0.05) is 24.7 Å². The number of nitrogens with zero attached hydrogens (tertiary/aromatic N) is 2. The van der Waals surface area contributed by atoms with Gasteiger partial charge in [0.1, 0.15) is 5.01 Å². The van der Waals surface area contributed by atoms with E-state index in [0.717, 1.165) is 20.8 Å². The minimum absolute atomic E-state index is 0.0655. The van der Waals surface area contributed by atoms with E-state index in [2.05, 4.69) is 4.98 Å². The molecule has 0 atom stereocenters. The van der Waals surface area contributed by atoms with E-state index in [1.165, 1.54) is 0 Å². The minimum atomic E-state index is -0.0655. The Morgan fingerprint density at radius 2 is 2.09 bits per heavy atom. The lowest BCUT2D eigenvalue weighted by molar-refractivity contribution is -0.125. The van der Waals surface area contributed by atoms with Crippen molar-refractivity contribution in [3.63, 3.8) is 0 Å². The van der Waals surface area contributed by atoms with E-state index in [4.69, 9.17) is 11.6 Å². The van der Waals surface area contributed by atoms with Crippen molar-refractivity contribution < 1.29 is 4.79 Å². The van der Waals surface area contributed by atoms with Crippen molar-refractivity contribution >= 4 is 45.1 Å². The molecule has 0 aliphatic carbocycles. The lowest BCUT2D eigenvalue weighted by atomic mass is 10.2. The molecule has 5 heteroatoms. The molecule has 0 unspecified atom stereocenters. The van der Waals surface area contributed by atoms with Gasteiger partial charge in [0.2, 0.25) is 5.91 Å². The van der Waals surface area contributed by atoms with E-state index in [-0.39, 0.29) is 5.91 Å². The molecular formula is C18H15ClN2OS. The number of carbonyl (C=O) groups is 1. The molecule has 1 aromatic heterocycles. The predicted molar refractivity (Wildman–Crippen MR) is 96.6 cm³/mol. The Labute approximate surface area is 143 Å². The molecule has 0 aliphatic heterocycles. The first kappa shape index (κ1) is 15.7. The summed E-state index contributed by atoms with van der Waals surface area (Å²) in [5.41, 5.74) is 1.96. The zero-order valence-corrected chi connectivity index (χ0v) is 14.1. The van der Waals surface area contributed by atoms with Crippen molar-refractivity contribution in [3.05, 3.63) is 70.2 Å². The van der Waals surface area contributed by atoms with Crippen molar-refractivity contribution in [3.8, 4) is 0 Å². The van der Waals surface area contributed by atoms with Crippen LogP contribution in [0.2, 0.25) is 5.02 Å². The monoisotopic (exact) mass is 342 g/mol. The summed E-state index contributed by atoms with van der Waals surface area (Å²) >= 11 is 7.53. The first-order chi connectivity index (χ1) is 11.1. The van der Waals surface area contributed by atoms with E-state index < -0.39 is 0 Å². The quantitative estimate of drug-likeness (QED) is 0.648. The second-order valence-electron chi connectivity index (χ2n) is 5.18. The predicted octanol–water partition coefficient (Wildman–Crippen LogP) is 4.62. The number of halogens is 1. The molecule has 0 spiro atoms. The highest BCUT2D eigenvalue weighted by Gasteiger charge is 2.07. The van der Waals surface area contributed by atoms with Gasteiger partial charge in [-0.1, -0.05) is 35.9 Å². The summed E-state index contributed by atoms with van der Waals surface area (Å²) in [6.45, 7) is 0.517. The van der Waals surface area contributed by atoms with Crippen LogP contribution in [-0.4, -0.2) is 22.8 Å². The standard InChI is InChI=1S/C18H15ClN2OS/c1-21(12-13-5-4-6-14(19)11-13)18(22)10-9-17-20-15-7-2-3-8-16(15)23-17/h2-11H,12H2,1H3. The number of hydrogen-bond acceptors (Lipinski definition) is 3. The molecule has 0 saturated heterocycles. The van der Waals surface area contributed by atoms with Gasteiger partial charge in [-0.3, -0.25) is 4.79 Å². The Bertz CT molecular complexity index is 839. The summed E-state index contributed by atoms with van der Waals surface area (Å²) in [4.78, 5) is 18.3. The average Bonchev–Trinajstić information content (AvgIpc) is 2.95. The van der Waals surface area contributed by atoms with Crippen LogP contribution in [0.3, 0.4) is 0 Å². The molecule has 3 rings (SSSR count). The Hall–Kier alpha value is -2.17. The van der Waals surface area contributed by atoms with Crippen LogP contribution >= 0.6 is 22.9 Å². The van der Waals surface area contributed by atoms with Gasteiger partial charge >= 0.3 is 0 Å². The average molecular weight is 343 g/mol. The van der Waals surface area contributed by atoms with E-state index in [9.17, 15) is 4.79 Å². The summed E-state index contributed by atoms with van der Waals surface area (Å²) in [5, 5.41) is 1.50. The first-order valence-corrected chi connectivity index (χ1v) is 8.34. The van der Waals surface area contributed by atoms with Crippen molar-refractivity contribution in [1.82, 2.24) is 9.88 Å². The second-order valence-corrected chi connectivity index (χ2v) is 6.68. The van der Waals surface area contributed by atoms with E-state index >= 15 is 0 Å². The van der Waals surface area contributed by atoms with Crippen molar-refractivity contribution in [2.24, 2.45) is 0 Å². The molecule has 2 aromatic carbocycles. The Balaban J connectivity index is 1.67. The number of rotatable bonds is 4. The SMILES string of the molecule is CN(Cc1cccc(Cl)c1)C(=O)C=Cc1nc2ccccc2s1. The number of aromatic nitrogens is 1. The summed E-state index contributed by atoms with van der Waals surface area (Å²) < 4.78 is 1.12. The fourth-order valence-electron chi connectivity index (χ4n) is 2.22. The van der Waals surface area contributed by atoms with Gasteiger partial charge in [0.15, 0.2) is 0 Å². The van der Waals surface area contributed by atoms with Crippen molar-refractivity contribution in [1.29, 1.82) is 0 Å². The first-order valence-electron chi connectivity index (χ1n) is 7.15. The number of carbonyl (C=O) groups excluding carboxylic acids is 1. The Morgan fingerprint density at radius 3 is 2.87 bits per heavy atom. The van der Waals surface area contributed by atoms with Crippen molar-refractivity contribution in [2.45, 2.75) is 6.54 Å². The maximum atomic E-state index is 12.2. The smallest absolute Gasteiger partial charge is 0.246 e. The van der Waals surface area contributed by atoms with Gasteiger partial charge in [-0.25, -0.2) is 4.98 Å². The number of likely N-dealkylation sites (N-methyl/N-ethyl adjacent to an activating group) is 1. The zero-order chi connectivity index (χ0) is 16.2. The molecule has 0 N–H and O–H groups in total. The molecule has 1 amide bonds. The summed E-state index contributed by atoms with van der Waals surface area (Å²) in [7, 11) is 1.77. The van der Waals surface area contributed by atoms with Crippen LogP contribution < -0.4 is 0 Å². The van der Waals surface area contributed by atoms with Crippen molar-refractivity contribution in [2.75, 3.05) is 7.05 Å². The second kappa shape index (κ2) is 6.94. The molecule has 0 aliphatic rings. The summed E-state index contributed by atoms with van der Waals surface area (Å²) in [6, 6.07) is 15.5. The van der Waals surface area contributed by atoms with Crippen LogP contribution in [0.1, 0.15) is 10.6 Å². The molecule has 3 aromatic rings. The number of fused-ring (bicyclic) bond motifs is 1. The van der Waals surface area contributed by atoms with E-state index in [1.807, 2.05) is 48.5 Å². The molecule has 0 fully saturated rings. The van der Waals surface area contributed by atoms with Crippen LogP contribution in [0.25, 0.3) is 16.3 Å². The van der Waals surface area contributed by atoms with Crippen LogP contribution in [-0.2, 0) is 11.3 Å². The molecule has 116 valence electrons. The maximum Gasteiger partial charge on any atom is 0.246 e. The molecule has 0 bridgehead atoms. The normalized spacial score (nSPS) is 11.2. The van der Waals surface area contributed by atoms with Gasteiger partial charge in [-0.2, -0.15) is 0 Å². The molecule has 0 radical (unpaired) electrons. The number of thiazole rings is 1. The van der Waals surface area contributed by atoms with Gasteiger partial charge in [0.25, 0.3) is 0 Å². The van der Waals surface area contributed by atoms with Crippen LogP contribution in [0.15, 0.2) is 54.6 Å². The molecular weight excluding hydrogens is 328 g/mol. The van der Waals surface area contributed by atoms with Gasteiger partial charge < -0.3 is 4.90 Å². The van der Waals surface area contributed by atoms with E-state index in [1.54, 1.807) is 35.4 Å². The molecule has 3 nitrogen and oxygen atoms in total. The zero-order valence-electron chi connectivity index (χ0n) is 12.6. The summed E-state index contributed by atoms with van der Waals surface area (Å²) in [6.07, 6.45) is 3.32. The van der Waals surface area contributed by atoms with Gasteiger partial charge in [0.05, 0.1) is 10.2 Å². The van der Waals surface area contributed by atoms with Gasteiger partial charge in [-0.15, -0.1) is 11.3 Å². The fourth-order valence-corrected chi connectivity index (χ4v) is 3.30. The Kier molecular flexibility index (Phi) is 4.74. The third-order valence-electron chi connectivity index (χ3n) is 3.36. The van der Waals surface area contributed by atoms with Crippen LogP contribution in [0.4, 0.5) is 0 Å². The lowest BCUT2D eigenvalue weighted by Crippen LogP contribution is -2.24. The largest absolute Gasteiger partial charge is 0.338 e. The van der Waals surface area contributed by atoms with Crippen LogP contribution in [0, 0.1) is 0 Å².